The molecule has 1 aromatic rings. The van der Waals surface area contributed by atoms with Crippen LogP contribution in [0.5, 0.6) is 5.75 Å². The molecule has 14 heavy (non-hydrogen) atoms. The van der Waals surface area contributed by atoms with Crippen molar-refractivity contribution in [3.8, 4) is 5.75 Å². The number of benzene rings is 1. The van der Waals surface area contributed by atoms with Gasteiger partial charge in [0.15, 0.2) is 0 Å². The molecule has 0 N–H and O–H groups in total. The fourth-order valence-corrected chi connectivity index (χ4v) is 3.84. The molecule has 0 fully saturated rings. The topological polar surface area (TPSA) is 26.3 Å². The zero-order chi connectivity index (χ0) is 10.7. The van der Waals surface area contributed by atoms with Crippen molar-refractivity contribution < 1.29 is 9.53 Å². The number of ether oxygens (including phenoxy) is 1. The normalized spacial score (nSPS) is 10.0. The first-order chi connectivity index (χ1) is 6.61. The molecule has 0 heterocycles. The van der Waals surface area contributed by atoms with Crippen LogP contribution in [0.3, 0.4) is 0 Å². The van der Waals surface area contributed by atoms with E-state index >= 15 is 0 Å². The molecule has 0 aromatic heterocycles. The van der Waals surface area contributed by atoms with Crippen LogP contribution in [0.15, 0.2) is 19.5 Å². The third-order valence-corrected chi connectivity index (χ3v) is 3.85. The smallest absolute Gasteiger partial charge is 0.147 e. The number of halogens is 3. The van der Waals surface area contributed by atoms with Crippen LogP contribution >= 0.6 is 47.8 Å². The summed E-state index contributed by atoms with van der Waals surface area (Å²) >= 11 is 10.2. The summed E-state index contributed by atoms with van der Waals surface area (Å²) in [5.74, 6) is 0.699. The Morgan fingerprint density at radius 3 is 2.50 bits per heavy atom. The summed E-state index contributed by atoms with van der Waals surface area (Å²) in [4.78, 5) is 10.5. The fourth-order valence-electron chi connectivity index (χ4n) is 1.07. The quantitative estimate of drug-likeness (QED) is 0.740. The predicted molar refractivity (Wildman–Crippen MR) is 65.9 cm³/mol. The summed E-state index contributed by atoms with van der Waals surface area (Å²) in [5.41, 5.74) is 0.889. The van der Waals surface area contributed by atoms with Crippen LogP contribution in [0.25, 0.3) is 0 Å². The highest BCUT2D eigenvalue weighted by molar-refractivity contribution is 9.11. The van der Waals surface area contributed by atoms with Crippen molar-refractivity contribution >= 4 is 54.1 Å². The van der Waals surface area contributed by atoms with Crippen LogP contribution < -0.4 is 4.74 Å². The van der Waals surface area contributed by atoms with Crippen LogP contribution in [0.2, 0.25) is 0 Å². The summed E-state index contributed by atoms with van der Waals surface area (Å²) in [6.07, 6.45) is 1.21. The Labute approximate surface area is 107 Å². The van der Waals surface area contributed by atoms with E-state index in [1.165, 1.54) is 0 Å². The second kappa shape index (κ2) is 5.28. The molecule has 0 radical (unpaired) electrons. The van der Waals surface area contributed by atoms with Crippen LogP contribution in [-0.2, 0) is 11.2 Å². The Bertz CT molecular complexity index is 364. The molecule has 0 atom stereocenters. The second-order valence-corrected chi connectivity index (χ2v) is 5.04. The molecule has 0 unspecified atom stereocenters. The van der Waals surface area contributed by atoms with Gasteiger partial charge < -0.3 is 9.53 Å². The van der Waals surface area contributed by atoms with Gasteiger partial charge in [-0.25, -0.2) is 0 Å². The zero-order valence-electron chi connectivity index (χ0n) is 7.31. The SMILES string of the molecule is COc1c(Br)cc(Br)c(CC=O)c1Br. The Morgan fingerprint density at radius 1 is 1.36 bits per heavy atom. The van der Waals surface area contributed by atoms with Gasteiger partial charge >= 0.3 is 0 Å². The molecule has 0 aliphatic carbocycles. The van der Waals surface area contributed by atoms with E-state index in [0.29, 0.717) is 12.2 Å². The van der Waals surface area contributed by atoms with Crippen LogP contribution in [-0.4, -0.2) is 13.4 Å². The first kappa shape index (κ1) is 12.2. The minimum atomic E-state index is 0.352. The van der Waals surface area contributed by atoms with E-state index in [0.717, 1.165) is 25.3 Å². The number of carbonyl (C=O) groups is 1. The number of rotatable bonds is 3. The van der Waals surface area contributed by atoms with Gasteiger partial charge in [-0.05, 0) is 43.5 Å². The lowest BCUT2D eigenvalue weighted by molar-refractivity contribution is -0.107. The molecular formula is C9H7Br3O2. The Hall–Kier alpha value is 0.130. The number of aldehydes is 1. The summed E-state index contributed by atoms with van der Waals surface area (Å²) in [6, 6.07) is 1.86. The summed E-state index contributed by atoms with van der Waals surface area (Å²) < 4.78 is 7.71. The summed E-state index contributed by atoms with van der Waals surface area (Å²) in [6.45, 7) is 0. The molecule has 0 bridgehead atoms. The van der Waals surface area contributed by atoms with Crippen molar-refractivity contribution in [2.24, 2.45) is 0 Å². The molecule has 0 saturated heterocycles. The lowest BCUT2D eigenvalue weighted by Gasteiger charge is -2.11. The molecule has 0 aliphatic rings. The van der Waals surface area contributed by atoms with E-state index in [1.807, 2.05) is 6.07 Å². The highest BCUT2D eigenvalue weighted by Gasteiger charge is 2.13. The van der Waals surface area contributed by atoms with Crippen molar-refractivity contribution in [1.29, 1.82) is 0 Å². The highest BCUT2D eigenvalue weighted by Crippen LogP contribution is 2.40. The first-order valence-electron chi connectivity index (χ1n) is 3.75. The Balaban J connectivity index is 3.35. The first-order valence-corrected chi connectivity index (χ1v) is 6.13. The van der Waals surface area contributed by atoms with E-state index in [9.17, 15) is 4.79 Å². The zero-order valence-corrected chi connectivity index (χ0v) is 12.1. The van der Waals surface area contributed by atoms with Crippen molar-refractivity contribution in [3.63, 3.8) is 0 Å². The largest absolute Gasteiger partial charge is 0.494 e. The maximum absolute atomic E-state index is 10.5. The van der Waals surface area contributed by atoms with Gasteiger partial charge in [-0.15, -0.1) is 0 Å². The molecule has 0 aliphatic heterocycles. The molecule has 1 rings (SSSR count). The van der Waals surface area contributed by atoms with Gasteiger partial charge in [0.25, 0.3) is 0 Å². The minimum Gasteiger partial charge on any atom is -0.494 e. The van der Waals surface area contributed by atoms with Crippen molar-refractivity contribution in [1.82, 2.24) is 0 Å². The monoisotopic (exact) mass is 384 g/mol. The van der Waals surface area contributed by atoms with Crippen LogP contribution in [0, 0.1) is 0 Å². The molecule has 1 aromatic carbocycles. The molecule has 5 heteroatoms. The molecule has 0 saturated carbocycles. The van der Waals surface area contributed by atoms with Gasteiger partial charge in [0, 0.05) is 10.9 Å². The number of hydrogen-bond acceptors (Lipinski definition) is 2. The van der Waals surface area contributed by atoms with Gasteiger partial charge in [0.05, 0.1) is 16.1 Å². The third-order valence-electron chi connectivity index (χ3n) is 1.71. The van der Waals surface area contributed by atoms with Gasteiger partial charge in [-0.2, -0.15) is 0 Å². The van der Waals surface area contributed by atoms with Gasteiger partial charge in [-0.1, -0.05) is 15.9 Å². The molecule has 76 valence electrons. The molecular weight excluding hydrogens is 380 g/mol. The van der Waals surface area contributed by atoms with Gasteiger partial charge in [0.1, 0.15) is 12.0 Å². The fraction of sp³-hybridized carbons (Fsp3) is 0.222. The van der Waals surface area contributed by atoms with E-state index in [2.05, 4.69) is 47.8 Å². The summed E-state index contributed by atoms with van der Waals surface area (Å²) in [7, 11) is 1.59. The van der Waals surface area contributed by atoms with Crippen LogP contribution in [0.4, 0.5) is 0 Å². The van der Waals surface area contributed by atoms with E-state index < -0.39 is 0 Å². The number of carbonyl (C=O) groups excluding carboxylic acids is 1. The minimum absolute atomic E-state index is 0.352. The predicted octanol–water partition coefficient (Wildman–Crippen LogP) is 3.72. The van der Waals surface area contributed by atoms with E-state index in [1.54, 1.807) is 7.11 Å². The maximum Gasteiger partial charge on any atom is 0.147 e. The second-order valence-electron chi connectivity index (χ2n) is 2.54. The van der Waals surface area contributed by atoms with Gasteiger partial charge in [-0.3, -0.25) is 0 Å². The lowest BCUT2D eigenvalue weighted by Crippen LogP contribution is -1.95. The molecule has 0 amide bonds. The average Bonchev–Trinajstić information content (AvgIpc) is 2.12. The third kappa shape index (κ3) is 2.38. The lowest BCUT2D eigenvalue weighted by atomic mass is 10.1. The van der Waals surface area contributed by atoms with Crippen molar-refractivity contribution in [2.45, 2.75) is 6.42 Å². The van der Waals surface area contributed by atoms with E-state index in [-0.39, 0.29) is 0 Å². The van der Waals surface area contributed by atoms with Gasteiger partial charge in [0.2, 0.25) is 0 Å². The number of methoxy groups -OCH3 is 1. The van der Waals surface area contributed by atoms with Crippen LogP contribution in [0.1, 0.15) is 5.56 Å². The Kier molecular flexibility index (Phi) is 4.60. The number of hydrogen-bond donors (Lipinski definition) is 0. The van der Waals surface area contributed by atoms with Crippen molar-refractivity contribution in [3.05, 3.63) is 25.0 Å². The molecule has 2 nitrogen and oxygen atoms in total. The summed E-state index contributed by atoms with van der Waals surface area (Å²) in [5, 5.41) is 0. The standard InChI is InChI=1S/C9H7Br3O2/c1-14-9-7(11)4-6(10)5(2-3-13)8(9)12/h3-4H,2H2,1H3. The Morgan fingerprint density at radius 2 is 2.00 bits per heavy atom. The highest BCUT2D eigenvalue weighted by atomic mass is 79.9. The van der Waals surface area contributed by atoms with Crippen molar-refractivity contribution in [2.75, 3.05) is 7.11 Å². The maximum atomic E-state index is 10.5. The van der Waals surface area contributed by atoms with E-state index in [4.69, 9.17) is 4.74 Å². The molecule has 0 spiro atoms. The average molecular weight is 387 g/mol.